The third kappa shape index (κ3) is 4.07. The predicted molar refractivity (Wildman–Crippen MR) is 56.9 cm³/mol. The lowest BCUT2D eigenvalue weighted by Crippen LogP contribution is -2.49. The first kappa shape index (κ1) is 13.4. The molecule has 0 aromatic carbocycles. The lowest BCUT2D eigenvalue weighted by atomic mass is 9.86. The molecule has 0 radical (unpaired) electrons. The van der Waals surface area contributed by atoms with Gasteiger partial charge >= 0.3 is 0 Å². The molecule has 0 spiro atoms. The Morgan fingerprint density at radius 2 is 2.00 bits per heavy atom. The van der Waals surface area contributed by atoms with Crippen LogP contribution in [0.1, 0.15) is 20.8 Å². The highest BCUT2D eigenvalue weighted by Gasteiger charge is 2.29. The van der Waals surface area contributed by atoms with Crippen LogP contribution in [-0.4, -0.2) is 44.2 Å². The molecule has 0 aliphatic heterocycles. The summed E-state index contributed by atoms with van der Waals surface area (Å²) in [5.74, 6) is -0.0328. The molecule has 0 bridgehead atoms. The van der Waals surface area contributed by atoms with Gasteiger partial charge in [0, 0.05) is 20.7 Å². The van der Waals surface area contributed by atoms with E-state index in [0.717, 1.165) is 0 Å². The number of methoxy groups -OCH3 is 1. The van der Waals surface area contributed by atoms with Crippen molar-refractivity contribution in [2.75, 3.05) is 27.3 Å². The first-order chi connectivity index (χ1) is 6.30. The normalized spacial score (nSPS) is 13.9. The van der Waals surface area contributed by atoms with E-state index in [1.54, 1.807) is 19.1 Å². The summed E-state index contributed by atoms with van der Waals surface area (Å²) >= 11 is 0. The summed E-state index contributed by atoms with van der Waals surface area (Å²) in [4.78, 5) is 13.4. The fraction of sp³-hybridized carbons (Fsp3) is 0.900. The van der Waals surface area contributed by atoms with Gasteiger partial charge in [-0.2, -0.15) is 0 Å². The zero-order chi connectivity index (χ0) is 11.4. The maximum Gasteiger partial charge on any atom is 0.239 e. The molecule has 0 aromatic heterocycles. The second-order valence-corrected chi connectivity index (χ2v) is 4.60. The van der Waals surface area contributed by atoms with Crippen LogP contribution in [0.2, 0.25) is 0 Å². The number of hydrogen-bond acceptors (Lipinski definition) is 3. The van der Waals surface area contributed by atoms with Crippen molar-refractivity contribution in [2.45, 2.75) is 26.8 Å². The molecule has 1 atom stereocenters. The van der Waals surface area contributed by atoms with Gasteiger partial charge in [-0.25, -0.2) is 0 Å². The topological polar surface area (TPSA) is 55.6 Å². The number of nitrogens with two attached hydrogens (primary N) is 1. The molecule has 1 amide bonds. The standard InChI is InChI=1S/C10H22N2O2/c1-10(2,3)8(11)9(13)12(4)6-7-14-5/h8H,6-7,11H2,1-5H3/t8-/m1/s1. The second-order valence-electron chi connectivity index (χ2n) is 4.60. The third-order valence-electron chi connectivity index (χ3n) is 2.21. The monoisotopic (exact) mass is 202 g/mol. The van der Waals surface area contributed by atoms with Crippen LogP contribution >= 0.6 is 0 Å². The van der Waals surface area contributed by atoms with Crippen molar-refractivity contribution in [2.24, 2.45) is 11.1 Å². The molecule has 2 N–H and O–H groups in total. The lowest BCUT2D eigenvalue weighted by molar-refractivity contribution is -0.134. The minimum atomic E-state index is -0.454. The molecular formula is C10H22N2O2. The van der Waals surface area contributed by atoms with E-state index in [1.165, 1.54) is 0 Å². The van der Waals surface area contributed by atoms with Crippen LogP contribution in [0.25, 0.3) is 0 Å². The van der Waals surface area contributed by atoms with Crippen LogP contribution in [0.3, 0.4) is 0 Å². The summed E-state index contributed by atoms with van der Waals surface area (Å²) in [5, 5.41) is 0. The molecule has 14 heavy (non-hydrogen) atoms. The van der Waals surface area contributed by atoms with Crippen LogP contribution < -0.4 is 5.73 Å². The minimum Gasteiger partial charge on any atom is -0.383 e. The van der Waals surface area contributed by atoms with E-state index >= 15 is 0 Å². The zero-order valence-electron chi connectivity index (χ0n) is 9.83. The zero-order valence-corrected chi connectivity index (χ0v) is 9.83. The molecular weight excluding hydrogens is 180 g/mol. The second kappa shape index (κ2) is 5.32. The first-order valence-electron chi connectivity index (χ1n) is 4.80. The van der Waals surface area contributed by atoms with Crippen LogP contribution in [0, 0.1) is 5.41 Å². The molecule has 0 aliphatic carbocycles. The number of amides is 1. The van der Waals surface area contributed by atoms with Crippen molar-refractivity contribution in [1.82, 2.24) is 4.90 Å². The Morgan fingerprint density at radius 3 is 2.36 bits per heavy atom. The smallest absolute Gasteiger partial charge is 0.239 e. The number of rotatable bonds is 4. The quantitative estimate of drug-likeness (QED) is 0.720. The number of ether oxygens (including phenoxy) is 1. The van der Waals surface area contributed by atoms with E-state index in [9.17, 15) is 4.79 Å². The Morgan fingerprint density at radius 1 is 1.50 bits per heavy atom. The Labute approximate surface area is 86.4 Å². The van der Waals surface area contributed by atoms with Crippen LogP contribution in [0.5, 0.6) is 0 Å². The number of carbonyl (C=O) groups excluding carboxylic acids is 1. The van der Waals surface area contributed by atoms with Gasteiger partial charge in [-0.15, -0.1) is 0 Å². The highest BCUT2D eigenvalue weighted by atomic mass is 16.5. The van der Waals surface area contributed by atoms with Crippen molar-refractivity contribution < 1.29 is 9.53 Å². The van der Waals surface area contributed by atoms with E-state index in [2.05, 4.69) is 0 Å². The van der Waals surface area contributed by atoms with Crippen molar-refractivity contribution in [3.05, 3.63) is 0 Å². The molecule has 4 nitrogen and oxygen atoms in total. The van der Waals surface area contributed by atoms with Gasteiger partial charge in [0.05, 0.1) is 12.6 Å². The van der Waals surface area contributed by atoms with E-state index in [-0.39, 0.29) is 11.3 Å². The molecule has 0 rings (SSSR count). The largest absolute Gasteiger partial charge is 0.383 e. The summed E-state index contributed by atoms with van der Waals surface area (Å²) < 4.78 is 4.89. The van der Waals surface area contributed by atoms with Gasteiger partial charge in [0.25, 0.3) is 0 Å². The number of nitrogens with zero attached hydrogens (tertiary/aromatic N) is 1. The molecule has 0 saturated heterocycles. The molecule has 0 saturated carbocycles. The summed E-state index contributed by atoms with van der Waals surface area (Å²) in [7, 11) is 3.36. The third-order valence-corrected chi connectivity index (χ3v) is 2.21. The van der Waals surface area contributed by atoms with Crippen molar-refractivity contribution in [3.63, 3.8) is 0 Å². The van der Waals surface area contributed by atoms with Crippen molar-refractivity contribution >= 4 is 5.91 Å². The maximum absolute atomic E-state index is 11.7. The fourth-order valence-corrected chi connectivity index (χ4v) is 0.946. The first-order valence-corrected chi connectivity index (χ1v) is 4.80. The van der Waals surface area contributed by atoms with Crippen molar-refractivity contribution in [1.29, 1.82) is 0 Å². The molecule has 0 aromatic rings. The highest BCUT2D eigenvalue weighted by molar-refractivity contribution is 5.82. The summed E-state index contributed by atoms with van der Waals surface area (Å²) in [6.07, 6.45) is 0. The van der Waals surface area contributed by atoms with Gasteiger partial charge in [-0.1, -0.05) is 20.8 Å². The molecule has 0 heterocycles. The van der Waals surface area contributed by atoms with E-state index < -0.39 is 6.04 Å². The Hall–Kier alpha value is -0.610. The number of carbonyl (C=O) groups is 1. The highest BCUT2D eigenvalue weighted by Crippen LogP contribution is 2.18. The molecule has 0 aliphatic rings. The fourth-order valence-electron chi connectivity index (χ4n) is 0.946. The van der Waals surface area contributed by atoms with E-state index in [4.69, 9.17) is 10.5 Å². The van der Waals surface area contributed by atoms with Gasteiger partial charge in [0.15, 0.2) is 0 Å². The lowest BCUT2D eigenvalue weighted by Gasteiger charge is -2.29. The SMILES string of the molecule is COCCN(C)C(=O)[C@@H](N)C(C)(C)C. The molecule has 0 unspecified atom stereocenters. The van der Waals surface area contributed by atoms with Gasteiger partial charge in [-0.3, -0.25) is 4.79 Å². The van der Waals surface area contributed by atoms with Gasteiger partial charge in [0.2, 0.25) is 5.91 Å². The van der Waals surface area contributed by atoms with Crippen LogP contribution in [0.4, 0.5) is 0 Å². The minimum absolute atomic E-state index is 0.0328. The average molecular weight is 202 g/mol. The number of likely N-dealkylation sites (N-methyl/N-ethyl adjacent to an activating group) is 1. The average Bonchev–Trinajstić information content (AvgIpc) is 2.10. The Kier molecular flexibility index (Phi) is 5.08. The van der Waals surface area contributed by atoms with Crippen LogP contribution in [-0.2, 0) is 9.53 Å². The van der Waals surface area contributed by atoms with Crippen LogP contribution in [0.15, 0.2) is 0 Å². The van der Waals surface area contributed by atoms with Gasteiger partial charge < -0.3 is 15.4 Å². The predicted octanol–water partition coefficient (Wildman–Crippen LogP) is 0.465. The Bertz CT molecular complexity index is 187. The summed E-state index contributed by atoms with van der Waals surface area (Å²) in [5.41, 5.74) is 5.64. The summed E-state index contributed by atoms with van der Waals surface area (Å²) in [6, 6.07) is -0.454. The molecule has 0 fully saturated rings. The van der Waals surface area contributed by atoms with Gasteiger partial charge in [-0.05, 0) is 5.41 Å². The van der Waals surface area contributed by atoms with Gasteiger partial charge in [0.1, 0.15) is 0 Å². The van der Waals surface area contributed by atoms with Crippen molar-refractivity contribution in [3.8, 4) is 0 Å². The Balaban J connectivity index is 4.18. The maximum atomic E-state index is 11.7. The molecule has 84 valence electrons. The molecule has 4 heteroatoms. The summed E-state index contributed by atoms with van der Waals surface area (Å²) in [6.45, 7) is 7.00. The van der Waals surface area contributed by atoms with E-state index in [1.807, 2.05) is 20.8 Å². The number of hydrogen-bond donors (Lipinski definition) is 1. The van der Waals surface area contributed by atoms with E-state index in [0.29, 0.717) is 13.2 Å².